The van der Waals surface area contributed by atoms with E-state index in [1.807, 2.05) is 6.92 Å². The predicted molar refractivity (Wildman–Crippen MR) is 53.4 cm³/mol. The zero-order valence-corrected chi connectivity index (χ0v) is 8.31. The molecular formula is C11H11F2NO. The molecule has 0 radical (unpaired) electrons. The van der Waals surface area contributed by atoms with Crippen molar-refractivity contribution in [3.63, 3.8) is 0 Å². The summed E-state index contributed by atoms with van der Waals surface area (Å²) in [6.07, 6.45) is 0.685. The Bertz CT molecular complexity index is 505. The highest BCUT2D eigenvalue weighted by molar-refractivity contribution is 5.82. The number of benzene rings is 1. The molecule has 0 saturated carbocycles. The fraction of sp³-hybridized carbons (Fsp3) is 0.273. The zero-order valence-electron chi connectivity index (χ0n) is 8.31. The SMILES string of the molecule is CCc1c(CN)oc2c(F)c(F)ccc12. The molecule has 0 bridgehead atoms. The van der Waals surface area contributed by atoms with Crippen LogP contribution in [-0.2, 0) is 13.0 Å². The summed E-state index contributed by atoms with van der Waals surface area (Å²) < 4.78 is 31.5. The third-order valence-electron chi connectivity index (χ3n) is 2.48. The molecule has 1 aromatic carbocycles. The number of hydrogen-bond donors (Lipinski definition) is 1. The molecular weight excluding hydrogens is 200 g/mol. The zero-order chi connectivity index (χ0) is 11.0. The first-order chi connectivity index (χ1) is 7.19. The van der Waals surface area contributed by atoms with Gasteiger partial charge in [-0.3, -0.25) is 0 Å². The van der Waals surface area contributed by atoms with Gasteiger partial charge in [0.2, 0.25) is 5.82 Å². The van der Waals surface area contributed by atoms with E-state index in [4.69, 9.17) is 10.2 Å². The molecule has 0 aliphatic heterocycles. The summed E-state index contributed by atoms with van der Waals surface area (Å²) >= 11 is 0. The quantitative estimate of drug-likeness (QED) is 0.829. The van der Waals surface area contributed by atoms with Crippen LogP contribution in [0, 0.1) is 11.6 Å². The van der Waals surface area contributed by atoms with Gasteiger partial charge in [-0.1, -0.05) is 6.92 Å². The lowest BCUT2D eigenvalue weighted by Gasteiger charge is -1.95. The summed E-state index contributed by atoms with van der Waals surface area (Å²) in [5.74, 6) is -1.32. The summed E-state index contributed by atoms with van der Waals surface area (Å²) in [5.41, 5.74) is 6.29. The highest BCUT2D eigenvalue weighted by atomic mass is 19.2. The normalized spacial score (nSPS) is 11.2. The van der Waals surface area contributed by atoms with E-state index >= 15 is 0 Å². The lowest BCUT2D eigenvalue weighted by molar-refractivity contribution is 0.478. The van der Waals surface area contributed by atoms with Crippen molar-refractivity contribution in [2.24, 2.45) is 5.73 Å². The van der Waals surface area contributed by atoms with Crippen LogP contribution in [0.1, 0.15) is 18.2 Å². The number of fused-ring (bicyclic) bond motifs is 1. The van der Waals surface area contributed by atoms with Crippen LogP contribution in [0.4, 0.5) is 8.78 Å². The molecule has 1 heterocycles. The van der Waals surface area contributed by atoms with Gasteiger partial charge in [0, 0.05) is 10.9 Å². The van der Waals surface area contributed by atoms with Gasteiger partial charge in [-0.05, 0) is 18.6 Å². The summed E-state index contributed by atoms with van der Waals surface area (Å²) in [4.78, 5) is 0. The van der Waals surface area contributed by atoms with E-state index in [0.29, 0.717) is 17.6 Å². The Morgan fingerprint density at radius 1 is 1.33 bits per heavy atom. The Morgan fingerprint density at radius 3 is 2.67 bits per heavy atom. The third kappa shape index (κ3) is 1.41. The van der Waals surface area contributed by atoms with Crippen LogP contribution in [0.2, 0.25) is 0 Å². The standard InChI is InChI=1S/C11H11F2NO/c1-2-6-7-3-4-8(12)10(13)11(7)15-9(6)5-14/h3-4H,2,5,14H2,1H3. The minimum Gasteiger partial charge on any atom is -0.456 e. The molecule has 15 heavy (non-hydrogen) atoms. The van der Waals surface area contributed by atoms with E-state index in [9.17, 15) is 8.78 Å². The highest BCUT2D eigenvalue weighted by Gasteiger charge is 2.17. The Hall–Kier alpha value is -1.42. The van der Waals surface area contributed by atoms with Gasteiger partial charge in [-0.2, -0.15) is 4.39 Å². The molecule has 4 heteroatoms. The largest absolute Gasteiger partial charge is 0.456 e. The minimum absolute atomic E-state index is 0.0349. The van der Waals surface area contributed by atoms with Crippen molar-refractivity contribution in [3.8, 4) is 0 Å². The van der Waals surface area contributed by atoms with Gasteiger partial charge in [0.1, 0.15) is 5.76 Å². The molecule has 1 aromatic heterocycles. The van der Waals surface area contributed by atoms with Crippen LogP contribution < -0.4 is 5.73 Å². The summed E-state index contributed by atoms with van der Waals surface area (Å²) in [6, 6.07) is 2.63. The lowest BCUT2D eigenvalue weighted by atomic mass is 10.1. The second-order valence-corrected chi connectivity index (χ2v) is 3.30. The van der Waals surface area contributed by atoms with E-state index in [-0.39, 0.29) is 12.1 Å². The van der Waals surface area contributed by atoms with E-state index in [2.05, 4.69) is 0 Å². The Morgan fingerprint density at radius 2 is 2.07 bits per heavy atom. The Labute approximate surface area is 85.7 Å². The smallest absolute Gasteiger partial charge is 0.201 e. The maximum Gasteiger partial charge on any atom is 0.201 e. The second kappa shape index (κ2) is 3.62. The van der Waals surface area contributed by atoms with Crippen molar-refractivity contribution in [1.29, 1.82) is 0 Å². The molecule has 0 fully saturated rings. The number of hydrogen-bond acceptors (Lipinski definition) is 2. The molecule has 0 unspecified atom stereocenters. The maximum absolute atomic E-state index is 13.4. The van der Waals surface area contributed by atoms with Crippen molar-refractivity contribution < 1.29 is 13.2 Å². The van der Waals surface area contributed by atoms with Crippen LogP contribution >= 0.6 is 0 Å². The summed E-state index contributed by atoms with van der Waals surface area (Å²) in [7, 11) is 0. The van der Waals surface area contributed by atoms with Crippen molar-refractivity contribution >= 4 is 11.0 Å². The Balaban J connectivity index is 2.82. The van der Waals surface area contributed by atoms with Crippen molar-refractivity contribution in [3.05, 3.63) is 35.1 Å². The number of furan rings is 1. The maximum atomic E-state index is 13.4. The number of halogens is 2. The van der Waals surface area contributed by atoms with Crippen molar-refractivity contribution in [2.45, 2.75) is 19.9 Å². The molecule has 2 nitrogen and oxygen atoms in total. The fourth-order valence-corrected chi connectivity index (χ4v) is 1.76. The molecule has 0 spiro atoms. The van der Waals surface area contributed by atoms with Crippen molar-refractivity contribution in [2.75, 3.05) is 0 Å². The highest BCUT2D eigenvalue weighted by Crippen LogP contribution is 2.29. The molecule has 80 valence electrons. The first-order valence-corrected chi connectivity index (χ1v) is 4.77. The summed E-state index contributed by atoms with van der Waals surface area (Å²) in [5, 5.41) is 0.608. The monoisotopic (exact) mass is 211 g/mol. The van der Waals surface area contributed by atoms with Crippen LogP contribution in [-0.4, -0.2) is 0 Å². The first-order valence-electron chi connectivity index (χ1n) is 4.77. The fourth-order valence-electron chi connectivity index (χ4n) is 1.76. The average Bonchev–Trinajstić information content (AvgIpc) is 2.61. The molecule has 2 rings (SSSR count). The van der Waals surface area contributed by atoms with E-state index < -0.39 is 11.6 Å². The van der Waals surface area contributed by atoms with Gasteiger partial charge in [0.05, 0.1) is 6.54 Å². The lowest BCUT2D eigenvalue weighted by Crippen LogP contribution is -1.97. The number of nitrogens with two attached hydrogens (primary N) is 1. The minimum atomic E-state index is -0.943. The Kier molecular flexibility index (Phi) is 2.44. The molecule has 0 aliphatic rings. The molecule has 0 amide bonds. The molecule has 2 N–H and O–H groups in total. The van der Waals surface area contributed by atoms with E-state index in [0.717, 1.165) is 11.6 Å². The van der Waals surface area contributed by atoms with Crippen LogP contribution in [0.3, 0.4) is 0 Å². The van der Waals surface area contributed by atoms with Crippen LogP contribution in [0.15, 0.2) is 16.5 Å². The molecule has 0 atom stereocenters. The predicted octanol–water partition coefficient (Wildman–Crippen LogP) is 2.73. The van der Waals surface area contributed by atoms with Gasteiger partial charge in [0.25, 0.3) is 0 Å². The summed E-state index contributed by atoms with van der Waals surface area (Å²) in [6.45, 7) is 2.11. The van der Waals surface area contributed by atoms with Gasteiger partial charge in [-0.25, -0.2) is 4.39 Å². The third-order valence-corrected chi connectivity index (χ3v) is 2.48. The van der Waals surface area contributed by atoms with Crippen molar-refractivity contribution in [1.82, 2.24) is 0 Å². The number of rotatable bonds is 2. The second-order valence-electron chi connectivity index (χ2n) is 3.30. The van der Waals surface area contributed by atoms with E-state index in [1.165, 1.54) is 6.07 Å². The molecule has 2 aromatic rings. The van der Waals surface area contributed by atoms with Crippen LogP contribution in [0.5, 0.6) is 0 Å². The first kappa shape index (κ1) is 10.1. The van der Waals surface area contributed by atoms with E-state index in [1.54, 1.807) is 0 Å². The molecule has 0 saturated heterocycles. The van der Waals surface area contributed by atoms with Gasteiger partial charge in [0.15, 0.2) is 11.4 Å². The molecule has 0 aliphatic carbocycles. The average molecular weight is 211 g/mol. The van der Waals surface area contributed by atoms with Gasteiger partial charge >= 0.3 is 0 Å². The van der Waals surface area contributed by atoms with Gasteiger partial charge < -0.3 is 10.2 Å². The topological polar surface area (TPSA) is 39.2 Å². The van der Waals surface area contributed by atoms with Gasteiger partial charge in [-0.15, -0.1) is 0 Å². The van der Waals surface area contributed by atoms with Crippen LogP contribution in [0.25, 0.3) is 11.0 Å². The number of aryl methyl sites for hydroxylation is 1.